The monoisotopic (exact) mass is 390 g/mol. The van der Waals surface area contributed by atoms with Crippen LogP contribution >= 0.6 is 11.6 Å². The van der Waals surface area contributed by atoms with Crippen molar-refractivity contribution in [3.8, 4) is 11.5 Å². The second-order valence-corrected chi connectivity index (χ2v) is 6.54. The van der Waals surface area contributed by atoms with Crippen molar-refractivity contribution in [2.24, 2.45) is 0 Å². The summed E-state index contributed by atoms with van der Waals surface area (Å²) in [4.78, 5) is 26.0. The molecule has 0 saturated carbocycles. The maximum absolute atomic E-state index is 12.5. The fraction of sp³-hybridized carbons (Fsp3) is 0.300. The molecular formula is C20H23ClN2O4. The first-order valence-electron chi connectivity index (χ1n) is 8.33. The van der Waals surface area contributed by atoms with Gasteiger partial charge in [-0.05, 0) is 43.2 Å². The molecule has 1 N–H and O–H groups in total. The van der Waals surface area contributed by atoms with E-state index in [4.69, 9.17) is 21.1 Å². The Morgan fingerprint density at radius 3 is 2.30 bits per heavy atom. The molecule has 27 heavy (non-hydrogen) atoms. The Labute approximate surface area is 164 Å². The van der Waals surface area contributed by atoms with Crippen LogP contribution in [-0.4, -0.2) is 32.6 Å². The van der Waals surface area contributed by atoms with E-state index in [2.05, 4.69) is 5.32 Å². The second kappa shape index (κ2) is 8.77. The van der Waals surface area contributed by atoms with Gasteiger partial charge in [0, 0.05) is 18.7 Å². The number of carbonyl (C=O) groups excluding carboxylic acids is 2. The minimum Gasteiger partial charge on any atom is -0.493 e. The van der Waals surface area contributed by atoms with Gasteiger partial charge in [0.1, 0.15) is 6.54 Å². The first kappa shape index (κ1) is 20.6. The summed E-state index contributed by atoms with van der Waals surface area (Å²) in [5, 5.41) is 3.25. The molecule has 0 aliphatic heterocycles. The van der Waals surface area contributed by atoms with Crippen LogP contribution < -0.4 is 19.7 Å². The van der Waals surface area contributed by atoms with Crippen LogP contribution in [0.15, 0.2) is 30.3 Å². The van der Waals surface area contributed by atoms with Gasteiger partial charge >= 0.3 is 0 Å². The zero-order valence-corrected chi connectivity index (χ0v) is 16.8. The number of methoxy groups -OCH3 is 2. The van der Waals surface area contributed by atoms with Gasteiger partial charge in [0.05, 0.1) is 24.9 Å². The van der Waals surface area contributed by atoms with Gasteiger partial charge < -0.3 is 19.7 Å². The molecule has 2 rings (SSSR count). The van der Waals surface area contributed by atoms with Gasteiger partial charge in [-0.1, -0.05) is 17.7 Å². The maximum atomic E-state index is 12.5. The molecule has 0 fully saturated rings. The highest BCUT2D eigenvalue weighted by Crippen LogP contribution is 2.32. The number of hydrogen-bond donors (Lipinski definition) is 1. The average molecular weight is 391 g/mol. The topological polar surface area (TPSA) is 67.9 Å². The summed E-state index contributed by atoms with van der Waals surface area (Å²) in [6.45, 7) is 5.03. The van der Waals surface area contributed by atoms with Gasteiger partial charge in [-0.25, -0.2) is 0 Å². The van der Waals surface area contributed by atoms with Gasteiger partial charge in [0.2, 0.25) is 11.8 Å². The molecule has 0 atom stereocenters. The van der Waals surface area contributed by atoms with Gasteiger partial charge in [-0.15, -0.1) is 0 Å². The molecule has 0 heterocycles. The quantitative estimate of drug-likeness (QED) is 0.810. The number of benzene rings is 2. The Morgan fingerprint density at radius 1 is 1.07 bits per heavy atom. The Balaban J connectivity index is 2.24. The summed E-state index contributed by atoms with van der Waals surface area (Å²) in [7, 11) is 3.04. The van der Waals surface area contributed by atoms with Crippen molar-refractivity contribution in [2.75, 3.05) is 31.0 Å². The largest absolute Gasteiger partial charge is 0.493 e. The van der Waals surface area contributed by atoms with Crippen molar-refractivity contribution in [1.82, 2.24) is 0 Å². The Hall–Kier alpha value is -2.73. The molecule has 2 aromatic rings. The first-order chi connectivity index (χ1) is 12.8. The molecule has 2 amide bonds. The highest BCUT2D eigenvalue weighted by atomic mass is 35.5. The van der Waals surface area contributed by atoms with Crippen molar-refractivity contribution in [3.05, 3.63) is 46.5 Å². The van der Waals surface area contributed by atoms with E-state index in [-0.39, 0.29) is 18.4 Å². The Bertz CT molecular complexity index is 844. The normalized spacial score (nSPS) is 10.3. The van der Waals surface area contributed by atoms with Crippen molar-refractivity contribution in [3.63, 3.8) is 0 Å². The third-order valence-corrected chi connectivity index (χ3v) is 4.35. The van der Waals surface area contributed by atoms with E-state index < -0.39 is 0 Å². The van der Waals surface area contributed by atoms with E-state index in [1.165, 1.54) is 26.0 Å². The Kier molecular flexibility index (Phi) is 6.69. The summed E-state index contributed by atoms with van der Waals surface area (Å²) >= 11 is 6.24. The van der Waals surface area contributed by atoms with Crippen molar-refractivity contribution in [2.45, 2.75) is 20.8 Å². The van der Waals surface area contributed by atoms with E-state index in [9.17, 15) is 9.59 Å². The van der Waals surface area contributed by atoms with Gasteiger partial charge in [0.25, 0.3) is 0 Å². The minimum absolute atomic E-state index is 0.158. The zero-order valence-electron chi connectivity index (χ0n) is 16.1. The number of amides is 2. The van der Waals surface area contributed by atoms with Gasteiger partial charge in [0.15, 0.2) is 11.5 Å². The van der Waals surface area contributed by atoms with E-state index in [0.29, 0.717) is 27.9 Å². The molecule has 0 unspecified atom stereocenters. The molecule has 0 bridgehead atoms. The number of rotatable bonds is 6. The molecule has 0 radical (unpaired) electrons. The molecule has 0 aliphatic carbocycles. The Morgan fingerprint density at radius 2 is 1.74 bits per heavy atom. The molecule has 6 nitrogen and oxygen atoms in total. The zero-order chi connectivity index (χ0) is 20.1. The summed E-state index contributed by atoms with van der Waals surface area (Å²) in [6, 6.07) is 8.74. The van der Waals surface area contributed by atoms with Gasteiger partial charge in [-0.3, -0.25) is 9.59 Å². The van der Waals surface area contributed by atoms with Crippen LogP contribution in [0.3, 0.4) is 0 Å². The minimum atomic E-state index is -0.353. The fourth-order valence-corrected chi connectivity index (χ4v) is 3.14. The number of anilines is 2. The molecule has 0 aliphatic rings. The van der Waals surface area contributed by atoms with Crippen LogP contribution in [0, 0.1) is 13.8 Å². The number of aryl methyl sites for hydroxylation is 2. The first-order valence-corrected chi connectivity index (χ1v) is 8.71. The summed E-state index contributed by atoms with van der Waals surface area (Å²) < 4.78 is 10.5. The highest BCUT2D eigenvalue weighted by molar-refractivity contribution is 6.34. The number of hydrogen-bond acceptors (Lipinski definition) is 4. The van der Waals surface area contributed by atoms with Crippen molar-refractivity contribution < 1.29 is 19.1 Å². The molecule has 0 aromatic heterocycles. The lowest BCUT2D eigenvalue weighted by molar-refractivity contribution is -0.120. The van der Waals surface area contributed by atoms with Crippen LogP contribution in [-0.2, 0) is 9.59 Å². The van der Waals surface area contributed by atoms with E-state index in [0.717, 1.165) is 11.1 Å². The predicted octanol–water partition coefficient (Wildman–Crippen LogP) is 3.97. The molecular weight excluding hydrogens is 368 g/mol. The third kappa shape index (κ3) is 4.92. The van der Waals surface area contributed by atoms with Crippen molar-refractivity contribution in [1.29, 1.82) is 0 Å². The average Bonchev–Trinajstić information content (AvgIpc) is 2.61. The number of nitrogens with one attached hydrogen (secondary N) is 1. The summed E-state index contributed by atoms with van der Waals surface area (Å²) in [5.41, 5.74) is 2.94. The standard InChI is InChI=1S/C20H23ClN2O4/c1-12-8-13(2)20(16(21)9-12)22-19(25)11-23(14(3)24)15-6-7-17(26-4)18(10-15)27-5/h6-10H,11H2,1-5H3,(H,22,25). The summed E-state index contributed by atoms with van der Waals surface area (Å²) in [5.74, 6) is 0.383. The molecule has 7 heteroatoms. The predicted molar refractivity (Wildman–Crippen MR) is 107 cm³/mol. The third-order valence-electron chi connectivity index (χ3n) is 4.06. The lowest BCUT2D eigenvalue weighted by Gasteiger charge is -2.22. The lowest BCUT2D eigenvalue weighted by atomic mass is 10.1. The van der Waals surface area contributed by atoms with Gasteiger partial charge in [-0.2, -0.15) is 0 Å². The number of ether oxygens (including phenoxy) is 2. The maximum Gasteiger partial charge on any atom is 0.244 e. The van der Waals surface area contributed by atoms with Crippen LogP contribution in [0.5, 0.6) is 11.5 Å². The van der Waals surface area contributed by atoms with Crippen molar-refractivity contribution >= 4 is 34.8 Å². The molecule has 2 aromatic carbocycles. The van der Waals surface area contributed by atoms with Crippen LogP contribution in [0.1, 0.15) is 18.1 Å². The highest BCUT2D eigenvalue weighted by Gasteiger charge is 2.19. The van der Waals surface area contributed by atoms with E-state index in [1.807, 2.05) is 19.9 Å². The van der Waals surface area contributed by atoms with Crippen LogP contribution in [0.2, 0.25) is 5.02 Å². The smallest absolute Gasteiger partial charge is 0.244 e. The fourth-order valence-electron chi connectivity index (χ4n) is 2.77. The molecule has 144 valence electrons. The second-order valence-electron chi connectivity index (χ2n) is 6.13. The number of carbonyl (C=O) groups is 2. The van der Waals surface area contributed by atoms with E-state index in [1.54, 1.807) is 24.3 Å². The van der Waals surface area contributed by atoms with Crippen LogP contribution in [0.4, 0.5) is 11.4 Å². The van der Waals surface area contributed by atoms with E-state index >= 15 is 0 Å². The summed E-state index contributed by atoms with van der Waals surface area (Å²) in [6.07, 6.45) is 0. The SMILES string of the molecule is COc1ccc(N(CC(=O)Nc2c(C)cc(C)cc2Cl)C(C)=O)cc1OC. The molecule has 0 spiro atoms. The molecule has 0 saturated heterocycles. The van der Waals surface area contributed by atoms with Crippen LogP contribution in [0.25, 0.3) is 0 Å². The number of nitrogens with zero attached hydrogens (tertiary/aromatic N) is 1. The number of halogens is 1. The lowest BCUT2D eigenvalue weighted by Crippen LogP contribution is -2.36.